The van der Waals surface area contributed by atoms with Crippen LogP contribution in [0, 0.1) is 17.6 Å². The van der Waals surface area contributed by atoms with E-state index in [2.05, 4.69) is 5.32 Å². The highest BCUT2D eigenvalue weighted by molar-refractivity contribution is 7.85. The monoisotopic (exact) mass is 291 g/mol. The first kappa shape index (κ1) is 16.2. The molecule has 0 saturated carbocycles. The molecule has 0 aliphatic carbocycles. The van der Waals surface area contributed by atoms with Gasteiger partial charge in [-0.25, -0.2) is 8.78 Å². The van der Waals surface area contributed by atoms with Gasteiger partial charge >= 0.3 is 0 Å². The third-order valence-electron chi connectivity index (χ3n) is 2.41. The lowest BCUT2D eigenvalue weighted by Gasteiger charge is -2.13. The summed E-state index contributed by atoms with van der Waals surface area (Å²) in [7, 11) is -1.75. The molecule has 0 radical (unpaired) electrons. The molecule has 1 aromatic carbocycles. The van der Waals surface area contributed by atoms with Crippen molar-refractivity contribution in [3.05, 3.63) is 29.8 Å². The van der Waals surface area contributed by atoms with Crippen molar-refractivity contribution in [2.24, 2.45) is 5.92 Å². The summed E-state index contributed by atoms with van der Waals surface area (Å²) in [5.41, 5.74) is 0. The zero-order chi connectivity index (χ0) is 14.4. The van der Waals surface area contributed by atoms with Gasteiger partial charge in [0.1, 0.15) is 11.6 Å². The molecule has 6 heteroatoms. The Morgan fingerprint density at radius 1 is 1.32 bits per heavy atom. The van der Waals surface area contributed by atoms with Crippen LogP contribution in [0.1, 0.15) is 13.8 Å². The van der Waals surface area contributed by atoms with Crippen molar-refractivity contribution in [3.63, 3.8) is 0 Å². The van der Waals surface area contributed by atoms with Gasteiger partial charge in [0.2, 0.25) is 0 Å². The maximum atomic E-state index is 13.4. The van der Waals surface area contributed by atoms with Crippen LogP contribution in [-0.4, -0.2) is 34.3 Å². The van der Waals surface area contributed by atoms with Gasteiger partial charge in [-0.15, -0.1) is 0 Å². The van der Waals surface area contributed by atoms with Crippen molar-refractivity contribution in [1.82, 2.24) is 5.32 Å². The fourth-order valence-corrected chi connectivity index (χ4v) is 2.69. The second-order valence-corrected chi connectivity index (χ2v) is 6.26. The van der Waals surface area contributed by atoms with Gasteiger partial charge in [0.15, 0.2) is 0 Å². The van der Waals surface area contributed by atoms with Gasteiger partial charge in [0, 0.05) is 6.54 Å². The maximum Gasteiger partial charge on any atom is 0.139 e. The zero-order valence-electron chi connectivity index (χ0n) is 11.0. The topological polar surface area (TPSA) is 49.3 Å². The van der Waals surface area contributed by atoms with Crippen molar-refractivity contribution in [2.45, 2.75) is 24.8 Å². The Kier molecular flexibility index (Phi) is 6.54. The molecule has 0 aromatic heterocycles. The first-order chi connectivity index (χ1) is 8.90. The summed E-state index contributed by atoms with van der Waals surface area (Å²) in [4.78, 5) is -0.206. The van der Waals surface area contributed by atoms with Crippen LogP contribution in [0.2, 0.25) is 0 Å². The average molecular weight is 291 g/mol. The quantitative estimate of drug-likeness (QED) is 0.803. The van der Waals surface area contributed by atoms with Crippen molar-refractivity contribution >= 4 is 10.8 Å². The van der Waals surface area contributed by atoms with Crippen LogP contribution in [0.15, 0.2) is 23.1 Å². The summed E-state index contributed by atoms with van der Waals surface area (Å²) in [5.74, 6) is -1.04. The van der Waals surface area contributed by atoms with Crippen LogP contribution < -0.4 is 5.32 Å². The van der Waals surface area contributed by atoms with Gasteiger partial charge in [0.05, 0.1) is 27.6 Å². The molecule has 2 N–H and O–H groups in total. The lowest BCUT2D eigenvalue weighted by atomic mass is 10.2. The lowest BCUT2D eigenvalue weighted by molar-refractivity contribution is 0.193. The molecule has 0 bridgehead atoms. The molecule has 3 nitrogen and oxygen atoms in total. The van der Waals surface area contributed by atoms with E-state index >= 15 is 0 Å². The third kappa shape index (κ3) is 5.76. The van der Waals surface area contributed by atoms with E-state index in [1.165, 1.54) is 0 Å². The zero-order valence-corrected chi connectivity index (χ0v) is 11.8. The number of rotatable bonds is 7. The molecular weight excluding hydrogens is 272 g/mol. The van der Waals surface area contributed by atoms with Crippen molar-refractivity contribution in [2.75, 3.05) is 18.8 Å². The van der Waals surface area contributed by atoms with Crippen molar-refractivity contribution in [1.29, 1.82) is 0 Å². The Hall–Kier alpha value is -0.850. The second-order valence-electron chi connectivity index (χ2n) is 4.79. The number of nitrogens with one attached hydrogen (secondary N) is 1. The molecule has 2 atom stereocenters. The molecule has 0 aliphatic heterocycles. The normalized spacial score (nSPS) is 14.6. The van der Waals surface area contributed by atoms with E-state index in [1.54, 1.807) is 0 Å². The fourth-order valence-electron chi connectivity index (χ4n) is 1.51. The molecule has 0 aliphatic rings. The SMILES string of the molecule is CC(C)CNCC(O)CS(=O)c1cc(F)ccc1F. The summed E-state index contributed by atoms with van der Waals surface area (Å²) in [5, 5.41) is 12.7. The number of aliphatic hydroxyl groups excluding tert-OH is 1. The Morgan fingerprint density at radius 2 is 2.00 bits per heavy atom. The van der Waals surface area contributed by atoms with Crippen LogP contribution in [0.25, 0.3) is 0 Å². The largest absolute Gasteiger partial charge is 0.391 e. The molecule has 0 saturated heterocycles. The first-order valence-electron chi connectivity index (χ1n) is 6.12. The highest BCUT2D eigenvalue weighted by Gasteiger charge is 2.15. The van der Waals surface area contributed by atoms with E-state index in [0.717, 1.165) is 24.7 Å². The minimum atomic E-state index is -1.75. The molecule has 2 unspecified atom stereocenters. The Bertz CT molecular complexity index is 441. The van der Waals surface area contributed by atoms with Crippen LogP contribution in [-0.2, 0) is 10.8 Å². The first-order valence-corrected chi connectivity index (χ1v) is 7.44. The lowest BCUT2D eigenvalue weighted by Crippen LogP contribution is -2.33. The molecule has 108 valence electrons. The van der Waals surface area contributed by atoms with Gasteiger partial charge in [-0.1, -0.05) is 13.8 Å². The molecule has 0 fully saturated rings. The minimum absolute atomic E-state index is 0.120. The molecule has 0 spiro atoms. The Morgan fingerprint density at radius 3 is 2.63 bits per heavy atom. The number of benzene rings is 1. The molecule has 0 heterocycles. The molecule has 0 amide bonds. The van der Waals surface area contributed by atoms with Crippen LogP contribution in [0.5, 0.6) is 0 Å². The van der Waals surface area contributed by atoms with Gasteiger partial charge in [-0.2, -0.15) is 0 Å². The summed E-state index contributed by atoms with van der Waals surface area (Å²) < 4.78 is 38.2. The summed E-state index contributed by atoms with van der Waals surface area (Å²) in [6.45, 7) is 5.07. The highest BCUT2D eigenvalue weighted by atomic mass is 32.2. The van der Waals surface area contributed by atoms with E-state index in [1.807, 2.05) is 13.8 Å². The van der Waals surface area contributed by atoms with E-state index in [9.17, 15) is 18.1 Å². The molecule has 19 heavy (non-hydrogen) atoms. The Balaban J connectivity index is 2.52. The summed E-state index contributed by atoms with van der Waals surface area (Å²) in [6.07, 6.45) is -0.859. The van der Waals surface area contributed by atoms with Crippen molar-refractivity contribution in [3.8, 4) is 0 Å². The predicted octanol–water partition coefficient (Wildman–Crippen LogP) is 1.68. The number of hydrogen-bond donors (Lipinski definition) is 2. The van der Waals surface area contributed by atoms with Crippen molar-refractivity contribution < 1.29 is 18.1 Å². The highest BCUT2D eigenvalue weighted by Crippen LogP contribution is 2.14. The second kappa shape index (κ2) is 7.67. The van der Waals surface area contributed by atoms with E-state index in [0.29, 0.717) is 5.92 Å². The van der Waals surface area contributed by atoms with Gasteiger partial charge in [-0.05, 0) is 30.7 Å². The molecular formula is C13H19F2NO2S. The smallest absolute Gasteiger partial charge is 0.139 e. The summed E-state index contributed by atoms with van der Waals surface area (Å²) in [6, 6.07) is 2.81. The number of aliphatic hydroxyl groups is 1. The minimum Gasteiger partial charge on any atom is -0.391 e. The standard InChI is InChI=1S/C13H19F2NO2S/c1-9(2)6-16-7-11(17)8-19(18)13-5-10(14)3-4-12(13)15/h3-5,9,11,16-17H,6-8H2,1-2H3. The van der Waals surface area contributed by atoms with E-state index in [4.69, 9.17) is 0 Å². The van der Waals surface area contributed by atoms with E-state index < -0.39 is 28.5 Å². The van der Waals surface area contributed by atoms with Gasteiger partial charge in [-0.3, -0.25) is 4.21 Å². The third-order valence-corrected chi connectivity index (χ3v) is 3.91. The Labute approximate surface area is 114 Å². The average Bonchev–Trinajstić information content (AvgIpc) is 2.31. The number of hydrogen-bond acceptors (Lipinski definition) is 3. The predicted molar refractivity (Wildman–Crippen MR) is 71.3 cm³/mol. The molecule has 1 rings (SSSR count). The van der Waals surface area contributed by atoms with E-state index in [-0.39, 0.29) is 17.2 Å². The van der Waals surface area contributed by atoms with Crippen LogP contribution >= 0.6 is 0 Å². The van der Waals surface area contributed by atoms with Gasteiger partial charge in [0.25, 0.3) is 0 Å². The van der Waals surface area contributed by atoms with Gasteiger partial charge < -0.3 is 10.4 Å². The molecule has 1 aromatic rings. The number of halogens is 2. The fraction of sp³-hybridized carbons (Fsp3) is 0.538. The van der Waals surface area contributed by atoms with Crippen LogP contribution in [0.3, 0.4) is 0 Å². The maximum absolute atomic E-state index is 13.4. The van der Waals surface area contributed by atoms with Crippen LogP contribution in [0.4, 0.5) is 8.78 Å². The summed E-state index contributed by atoms with van der Waals surface area (Å²) >= 11 is 0.